The topological polar surface area (TPSA) is 0 Å². The van der Waals surface area contributed by atoms with Gasteiger partial charge in [-0.25, -0.2) is 12.3 Å². The fraction of sp³-hybridized carbons (Fsp3) is 0.250. The van der Waals surface area contributed by atoms with Gasteiger partial charge in [0.15, 0.2) is 0 Å². The molecule has 0 spiro atoms. The number of halogens is 7. The second-order valence-electron chi connectivity index (χ2n) is 3.01. The van der Waals surface area contributed by atoms with Crippen molar-refractivity contribution in [2.75, 3.05) is 0 Å². The third-order valence-corrected chi connectivity index (χ3v) is 2.91. The quantitative estimate of drug-likeness (QED) is 0.441. The van der Waals surface area contributed by atoms with Crippen molar-refractivity contribution in [3.05, 3.63) is 35.9 Å². The molecule has 0 radical (unpaired) electrons. The molecule has 1 aromatic rings. The van der Waals surface area contributed by atoms with Gasteiger partial charge >= 0.3 is 20.5 Å². The first-order chi connectivity index (χ1) is 7.11. The number of benzene rings is 1. The Morgan fingerprint density at radius 2 is 1.25 bits per heavy atom. The Kier molecular flexibility index (Phi) is 3.06. The average molecular weight is 262 g/mol. The first-order valence-electron chi connectivity index (χ1n) is 3.98. The maximum Gasteiger partial charge on any atom is 0.697 e. The monoisotopic (exact) mass is 262 g/mol. The average Bonchev–Trinajstić information content (AvgIpc) is 2.17. The molecule has 0 bridgehead atoms. The molecule has 0 saturated heterocycles. The van der Waals surface area contributed by atoms with Gasteiger partial charge in [-0.05, 0) is 0 Å². The summed E-state index contributed by atoms with van der Waals surface area (Å²) in [5, 5.41) is 0. The molecule has 0 amide bonds. The number of alkyl halides is 4. The minimum atomic E-state index is -7.79. The highest BCUT2D eigenvalue weighted by Crippen LogP contribution is 2.49. The first kappa shape index (κ1) is 13.0. The molecule has 1 aromatic carbocycles. The van der Waals surface area contributed by atoms with Crippen molar-refractivity contribution < 1.29 is 29.9 Å². The molecule has 0 atom stereocenters. The van der Waals surface area contributed by atoms with Crippen molar-refractivity contribution in [2.45, 2.75) is 11.5 Å². The van der Waals surface area contributed by atoms with Crippen LogP contribution in [0, 0.1) is 0 Å². The van der Waals surface area contributed by atoms with Crippen molar-refractivity contribution in [3.63, 3.8) is 0 Å². The molecule has 0 nitrogen and oxygen atoms in total. The molecule has 16 heavy (non-hydrogen) atoms. The van der Waals surface area contributed by atoms with E-state index in [9.17, 15) is 29.9 Å². The Hall–Kier alpha value is -1.05. The van der Waals surface area contributed by atoms with Crippen molar-refractivity contribution in [3.8, 4) is 0 Å². The predicted molar refractivity (Wildman–Crippen MR) is 44.4 cm³/mol. The molecule has 0 aliphatic rings. The lowest BCUT2D eigenvalue weighted by molar-refractivity contribution is -0.185. The third-order valence-electron chi connectivity index (χ3n) is 1.89. The zero-order chi connectivity index (χ0) is 12.6. The fourth-order valence-electron chi connectivity index (χ4n) is 1.01. The van der Waals surface area contributed by atoms with E-state index in [0.717, 1.165) is 12.1 Å². The van der Waals surface area contributed by atoms with E-state index in [1.165, 1.54) is 6.07 Å². The van der Waals surface area contributed by atoms with Crippen molar-refractivity contribution in [1.29, 1.82) is 0 Å². The summed E-state index contributed by atoms with van der Waals surface area (Å²) in [6, 6.07) is 4.25. The van der Waals surface area contributed by atoms with Gasteiger partial charge in [-0.3, -0.25) is 0 Å². The van der Waals surface area contributed by atoms with Crippen LogP contribution in [0.5, 0.6) is 0 Å². The summed E-state index contributed by atoms with van der Waals surface area (Å²) in [6.07, 6.45) is 0. The maximum absolute atomic E-state index is 13.0. The Bertz CT molecular complexity index is 356. The Morgan fingerprint density at radius 1 is 0.812 bits per heavy atom. The molecule has 0 aromatic heterocycles. The smallest absolute Gasteiger partial charge is 0.234 e. The third kappa shape index (κ3) is 1.93. The SMILES string of the molecule is FC(F)(c1ccccc1)C(F)(F)[Si](F)(F)F. The Labute approximate surface area is 87.2 Å². The second kappa shape index (κ2) is 3.76. The Morgan fingerprint density at radius 3 is 1.62 bits per heavy atom. The summed E-state index contributed by atoms with van der Waals surface area (Å²) in [6.45, 7) is 0. The van der Waals surface area contributed by atoms with Crippen molar-refractivity contribution in [1.82, 2.24) is 0 Å². The summed E-state index contributed by atoms with van der Waals surface area (Å²) >= 11 is 0. The second-order valence-corrected chi connectivity index (χ2v) is 4.64. The lowest BCUT2D eigenvalue weighted by atomic mass is 10.1. The minimum absolute atomic E-state index is 0.536. The molecule has 8 heteroatoms. The lowest BCUT2D eigenvalue weighted by Crippen LogP contribution is -2.53. The van der Waals surface area contributed by atoms with E-state index in [-0.39, 0.29) is 0 Å². The summed E-state index contributed by atoms with van der Waals surface area (Å²) in [4.78, 5) is 0. The van der Waals surface area contributed by atoms with Gasteiger partial charge in [-0.1, -0.05) is 30.3 Å². The fourth-order valence-corrected chi connectivity index (χ4v) is 1.51. The molecule has 1 rings (SSSR count). The summed E-state index contributed by atoms with van der Waals surface area (Å²) in [7, 11) is -7.79. The van der Waals surface area contributed by atoms with Gasteiger partial charge in [0.05, 0.1) is 0 Å². The number of hydrogen-bond acceptors (Lipinski definition) is 0. The normalized spacial score (nSPS) is 13.9. The van der Waals surface area contributed by atoms with Gasteiger partial charge in [0.25, 0.3) is 0 Å². The molecule has 0 heterocycles. The standard InChI is InChI=1S/C8H5F7Si/c9-7(10,6-4-2-1-3-5-6)8(11,12)16(13,14)15/h1-5H. The van der Waals surface area contributed by atoms with Crippen LogP contribution < -0.4 is 0 Å². The van der Waals surface area contributed by atoms with Gasteiger partial charge in [0, 0.05) is 5.56 Å². The van der Waals surface area contributed by atoms with Crippen LogP contribution in [-0.2, 0) is 5.92 Å². The summed E-state index contributed by atoms with van der Waals surface area (Å²) in [5.74, 6) is -5.22. The molecule has 0 saturated carbocycles. The van der Waals surface area contributed by atoms with Crippen LogP contribution in [-0.4, -0.2) is 14.6 Å². The summed E-state index contributed by atoms with van der Waals surface area (Å²) < 4.78 is 86.9. The highest BCUT2D eigenvalue weighted by Gasteiger charge is 2.77. The van der Waals surface area contributed by atoms with E-state index in [1.807, 2.05) is 0 Å². The zero-order valence-corrected chi connectivity index (χ0v) is 8.53. The van der Waals surface area contributed by atoms with Gasteiger partial charge < -0.3 is 0 Å². The van der Waals surface area contributed by atoms with Crippen LogP contribution in [0.1, 0.15) is 5.56 Å². The highest BCUT2D eigenvalue weighted by atomic mass is 28.5. The molecule has 0 fully saturated rings. The number of hydrogen-bond donors (Lipinski definition) is 0. The van der Waals surface area contributed by atoms with Gasteiger partial charge in [-0.2, -0.15) is 17.6 Å². The Balaban J connectivity index is 3.22. The zero-order valence-electron chi connectivity index (χ0n) is 7.53. The van der Waals surface area contributed by atoms with Crippen LogP contribution in [0.2, 0.25) is 0 Å². The van der Waals surface area contributed by atoms with Crippen LogP contribution >= 0.6 is 0 Å². The molecular weight excluding hydrogens is 257 g/mol. The number of rotatable bonds is 3. The molecular formula is C8H5F7Si. The van der Waals surface area contributed by atoms with E-state index in [0.29, 0.717) is 12.1 Å². The molecule has 0 aliphatic carbocycles. The minimum Gasteiger partial charge on any atom is -0.234 e. The van der Waals surface area contributed by atoms with Gasteiger partial charge in [0.2, 0.25) is 0 Å². The van der Waals surface area contributed by atoms with E-state index in [2.05, 4.69) is 0 Å². The van der Waals surface area contributed by atoms with Crippen LogP contribution in [0.15, 0.2) is 30.3 Å². The molecule has 0 unspecified atom stereocenters. The van der Waals surface area contributed by atoms with Crippen molar-refractivity contribution >= 4 is 9.08 Å². The van der Waals surface area contributed by atoms with Crippen LogP contribution in [0.3, 0.4) is 0 Å². The van der Waals surface area contributed by atoms with Crippen LogP contribution in [0.4, 0.5) is 29.9 Å². The largest absolute Gasteiger partial charge is 0.697 e. The van der Waals surface area contributed by atoms with E-state index in [4.69, 9.17) is 0 Å². The lowest BCUT2D eigenvalue weighted by Gasteiger charge is -2.26. The predicted octanol–water partition coefficient (Wildman–Crippen LogP) is 3.80. The molecule has 0 aliphatic heterocycles. The molecule has 90 valence electrons. The molecule has 0 N–H and O–H groups in total. The maximum atomic E-state index is 13.0. The van der Waals surface area contributed by atoms with Gasteiger partial charge in [0.1, 0.15) is 0 Å². The van der Waals surface area contributed by atoms with E-state index in [1.54, 1.807) is 0 Å². The highest BCUT2D eigenvalue weighted by molar-refractivity contribution is 6.61. The summed E-state index contributed by atoms with van der Waals surface area (Å²) in [5.41, 5.74) is -7.30. The van der Waals surface area contributed by atoms with E-state index >= 15 is 0 Å². The van der Waals surface area contributed by atoms with Crippen LogP contribution in [0.25, 0.3) is 0 Å². The van der Waals surface area contributed by atoms with Gasteiger partial charge in [-0.15, -0.1) is 0 Å². The van der Waals surface area contributed by atoms with Crippen molar-refractivity contribution in [2.24, 2.45) is 0 Å². The van der Waals surface area contributed by atoms with E-state index < -0.39 is 26.1 Å². The first-order valence-corrected chi connectivity index (χ1v) is 5.62.